The number of carbonyl (C=O) groups is 4. The van der Waals surface area contributed by atoms with Crippen molar-refractivity contribution in [3.05, 3.63) is 29.8 Å². The Kier molecular flexibility index (Phi) is 12.8. The van der Waals surface area contributed by atoms with Crippen molar-refractivity contribution in [2.45, 2.75) is 78.3 Å². The molecular formula is C27H41N3O6S. The maximum atomic E-state index is 13.3. The second kappa shape index (κ2) is 15.5. The number of anilines is 1. The topological polar surface area (TPSA) is 122 Å². The van der Waals surface area contributed by atoms with Gasteiger partial charge in [0.15, 0.2) is 0 Å². The van der Waals surface area contributed by atoms with Gasteiger partial charge < -0.3 is 20.3 Å². The largest absolute Gasteiger partial charge is 0.465 e. The first-order valence-electron chi connectivity index (χ1n) is 13.1. The number of hydrogen-bond acceptors (Lipinski definition) is 6. The van der Waals surface area contributed by atoms with E-state index < -0.39 is 46.9 Å². The van der Waals surface area contributed by atoms with Gasteiger partial charge in [-0.05, 0) is 51.2 Å². The molecule has 1 fully saturated rings. The lowest BCUT2D eigenvalue weighted by Crippen LogP contribution is -2.55. The van der Waals surface area contributed by atoms with E-state index in [0.29, 0.717) is 12.1 Å². The molecular weight excluding hydrogens is 494 g/mol. The molecule has 1 saturated carbocycles. The normalized spacial score (nSPS) is 15.5. The lowest BCUT2D eigenvalue weighted by atomic mass is 9.94. The summed E-state index contributed by atoms with van der Waals surface area (Å²) < 4.78 is 17.8. The number of amides is 3. The number of aryl methyl sites for hydroxylation is 1. The Hall–Kier alpha value is -2.75. The summed E-state index contributed by atoms with van der Waals surface area (Å²) in [6.07, 6.45) is 5.31. The van der Waals surface area contributed by atoms with Crippen LogP contribution >= 0.6 is 0 Å². The smallest absolute Gasteiger partial charge is 0.325 e. The van der Waals surface area contributed by atoms with Gasteiger partial charge in [0, 0.05) is 22.5 Å². The summed E-state index contributed by atoms with van der Waals surface area (Å²) >= 11 is 0. The number of ether oxygens (including phenoxy) is 1. The third-order valence-corrected chi connectivity index (χ3v) is 7.32. The highest BCUT2D eigenvalue weighted by Crippen LogP contribution is 2.19. The van der Waals surface area contributed by atoms with Crippen LogP contribution in [0.1, 0.15) is 64.9 Å². The van der Waals surface area contributed by atoms with E-state index in [0.717, 1.165) is 37.7 Å². The number of carbonyl (C=O) groups excluding carboxylic acids is 4. The minimum absolute atomic E-state index is 0.0371. The zero-order valence-corrected chi connectivity index (χ0v) is 23.2. The highest BCUT2D eigenvalue weighted by atomic mass is 32.2. The summed E-state index contributed by atoms with van der Waals surface area (Å²) in [5.74, 6) is -2.87. The van der Waals surface area contributed by atoms with Gasteiger partial charge >= 0.3 is 5.97 Å². The van der Waals surface area contributed by atoms with Gasteiger partial charge in [-0.2, -0.15) is 0 Å². The number of benzene rings is 1. The van der Waals surface area contributed by atoms with E-state index in [-0.39, 0.29) is 30.2 Å². The number of nitrogens with zero attached hydrogens (tertiary/aromatic N) is 1. The SMILES string of the molecule is CCOC(=O)CN(C(=O)C[S@](=O)CC(=O)Nc1ccc(C)cc1)[C@H](CC(C)C)C(=O)NC1CCCCC1. The fourth-order valence-electron chi connectivity index (χ4n) is 4.34. The molecule has 0 aromatic heterocycles. The summed E-state index contributed by atoms with van der Waals surface area (Å²) in [6, 6.07) is 6.30. The van der Waals surface area contributed by atoms with Gasteiger partial charge in [0.1, 0.15) is 24.1 Å². The van der Waals surface area contributed by atoms with Crippen LogP contribution in [-0.4, -0.2) is 69.5 Å². The van der Waals surface area contributed by atoms with Gasteiger partial charge in [-0.15, -0.1) is 0 Å². The van der Waals surface area contributed by atoms with Gasteiger partial charge in [0.05, 0.1) is 6.61 Å². The second-order valence-electron chi connectivity index (χ2n) is 9.96. The van der Waals surface area contributed by atoms with Gasteiger partial charge in [0.2, 0.25) is 17.7 Å². The van der Waals surface area contributed by atoms with Gasteiger partial charge in [-0.3, -0.25) is 23.4 Å². The van der Waals surface area contributed by atoms with E-state index in [1.165, 1.54) is 4.90 Å². The molecule has 10 heteroatoms. The molecule has 0 radical (unpaired) electrons. The fourth-order valence-corrected chi connectivity index (χ4v) is 5.24. The van der Waals surface area contributed by atoms with Crippen molar-refractivity contribution in [3.63, 3.8) is 0 Å². The quantitative estimate of drug-likeness (QED) is 0.375. The first kappa shape index (κ1) is 30.5. The number of esters is 1. The predicted molar refractivity (Wildman–Crippen MR) is 144 cm³/mol. The summed E-state index contributed by atoms with van der Waals surface area (Å²) in [5, 5.41) is 5.73. The standard InChI is InChI=1S/C27H41N3O6S/c1-5-36-26(33)16-30(23(15-19(2)3)27(34)29-21-9-7-6-8-10-21)25(32)18-37(35)17-24(31)28-22-13-11-20(4)12-14-22/h11-14,19,21,23H,5-10,15-18H2,1-4H3,(H,28,31)(H,29,34)/t23-,37-/m1/s1. The van der Waals surface area contributed by atoms with Crippen LogP contribution in [-0.2, 0) is 34.7 Å². The van der Waals surface area contributed by atoms with Crippen LogP contribution in [0.5, 0.6) is 0 Å². The minimum Gasteiger partial charge on any atom is -0.465 e. The Bertz CT molecular complexity index is 944. The molecule has 0 unspecified atom stereocenters. The molecule has 0 heterocycles. The van der Waals surface area contributed by atoms with Crippen LogP contribution in [0.4, 0.5) is 5.69 Å². The average molecular weight is 536 g/mol. The lowest BCUT2D eigenvalue weighted by molar-refractivity contribution is -0.151. The van der Waals surface area contributed by atoms with Crippen molar-refractivity contribution in [1.29, 1.82) is 0 Å². The van der Waals surface area contributed by atoms with E-state index >= 15 is 0 Å². The molecule has 1 aromatic carbocycles. The molecule has 0 spiro atoms. The Labute approximate surface area is 222 Å². The van der Waals surface area contributed by atoms with E-state index in [1.54, 1.807) is 19.1 Å². The molecule has 1 aliphatic carbocycles. The first-order chi connectivity index (χ1) is 17.6. The summed E-state index contributed by atoms with van der Waals surface area (Å²) in [7, 11) is -1.83. The lowest BCUT2D eigenvalue weighted by Gasteiger charge is -2.33. The molecule has 0 saturated heterocycles. The average Bonchev–Trinajstić information content (AvgIpc) is 2.83. The monoisotopic (exact) mass is 535 g/mol. The van der Waals surface area contributed by atoms with Crippen LogP contribution in [0.2, 0.25) is 0 Å². The predicted octanol–water partition coefficient (Wildman–Crippen LogP) is 2.94. The van der Waals surface area contributed by atoms with Crippen molar-refractivity contribution in [2.75, 3.05) is 30.0 Å². The molecule has 9 nitrogen and oxygen atoms in total. The van der Waals surface area contributed by atoms with E-state index in [1.807, 2.05) is 32.9 Å². The van der Waals surface area contributed by atoms with Crippen LogP contribution in [0.15, 0.2) is 24.3 Å². The zero-order chi connectivity index (χ0) is 27.4. The summed E-state index contributed by atoms with van der Waals surface area (Å²) in [6.45, 7) is 7.16. The Morgan fingerprint density at radius 2 is 1.70 bits per heavy atom. The maximum absolute atomic E-state index is 13.3. The Balaban J connectivity index is 2.12. The van der Waals surface area contributed by atoms with Gasteiger partial charge in [-0.25, -0.2) is 0 Å². The van der Waals surface area contributed by atoms with E-state index in [2.05, 4.69) is 10.6 Å². The fraction of sp³-hybridized carbons (Fsp3) is 0.630. The molecule has 3 amide bonds. The zero-order valence-electron chi connectivity index (χ0n) is 22.4. The Morgan fingerprint density at radius 3 is 2.30 bits per heavy atom. The molecule has 1 aromatic rings. The molecule has 0 bridgehead atoms. The molecule has 2 atom stereocenters. The molecule has 206 valence electrons. The third-order valence-electron chi connectivity index (χ3n) is 6.16. The molecule has 2 N–H and O–H groups in total. The second-order valence-corrected chi connectivity index (χ2v) is 11.4. The number of rotatable bonds is 13. The molecule has 2 rings (SSSR count). The van der Waals surface area contributed by atoms with Crippen molar-refractivity contribution in [3.8, 4) is 0 Å². The van der Waals surface area contributed by atoms with Crippen LogP contribution < -0.4 is 10.6 Å². The molecule has 37 heavy (non-hydrogen) atoms. The van der Waals surface area contributed by atoms with Crippen molar-refractivity contribution in [1.82, 2.24) is 10.2 Å². The molecule has 1 aliphatic rings. The minimum atomic E-state index is -1.83. The van der Waals surface area contributed by atoms with Crippen LogP contribution in [0, 0.1) is 12.8 Å². The van der Waals surface area contributed by atoms with Gasteiger partial charge in [0.25, 0.3) is 0 Å². The van der Waals surface area contributed by atoms with Crippen LogP contribution in [0.25, 0.3) is 0 Å². The molecule has 0 aliphatic heterocycles. The number of hydrogen-bond donors (Lipinski definition) is 2. The first-order valence-corrected chi connectivity index (χ1v) is 14.5. The van der Waals surface area contributed by atoms with Crippen molar-refractivity contribution < 1.29 is 28.1 Å². The maximum Gasteiger partial charge on any atom is 0.325 e. The summed E-state index contributed by atoms with van der Waals surface area (Å²) in [4.78, 5) is 52.5. The Morgan fingerprint density at radius 1 is 1.05 bits per heavy atom. The van der Waals surface area contributed by atoms with Crippen LogP contribution in [0.3, 0.4) is 0 Å². The van der Waals surface area contributed by atoms with Gasteiger partial charge in [-0.1, -0.05) is 50.8 Å². The van der Waals surface area contributed by atoms with E-state index in [9.17, 15) is 23.4 Å². The van der Waals surface area contributed by atoms with E-state index in [4.69, 9.17) is 4.74 Å². The third kappa shape index (κ3) is 11.0. The highest BCUT2D eigenvalue weighted by Gasteiger charge is 2.34. The highest BCUT2D eigenvalue weighted by molar-refractivity contribution is 7.86. The summed E-state index contributed by atoms with van der Waals surface area (Å²) in [5.41, 5.74) is 1.61. The van der Waals surface area contributed by atoms with Crippen molar-refractivity contribution >= 4 is 40.2 Å². The van der Waals surface area contributed by atoms with Crippen molar-refractivity contribution in [2.24, 2.45) is 5.92 Å². The number of nitrogens with one attached hydrogen (secondary N) is 2.